The fourth-order valence-electron chi connectivity index (χ4n) is 4.23. The second-order valence-corrected chi connectivity index (χ2v) is 9.89. The van der Waals surface area contributed by atoms with Crippen LogP contribution in [0.5, 0.6) is 5.75 Å². The third-order valence-corrected chi connectivity index (χ3v) is 7.23. The van der Waals surface area contributed by atoms with Gasteiger partial charge in [-0.2, -0.15) is 0 Å². The van der Waals surface area contributed by atoms with Gasteiger partial charge in [0.2, 0.25) is 0 Å². The Kier molecular flexibility index (Phi) is 8.83. The monoisotopic (exact) mass is 490 g/mol. The molecule has 2 fully saturated rings. The average Bonchev–Trinajstić information content (AvgIpc) is 2.85. The number of rotatable bonds is 8. The Balaban J connectivity index is 1.32. The van der Waals surface area contributed by atoms with Crippen molar-refractivity contribution in [2.75, 3.05) is 58.3 Å². The van der Waals surface area contributed by atoms with E-state index >= 15 is 0 Å². The molecule has 2 saturated heterocycles. The van der Waals surface area contributed by atoms with E-state index in [1.165, 1.54) is 0 Å². The third kappa shape index (κ3) is 6.82. The lowest BCUT2D eigenvalue weighted by Crippen LogP contribution is -2.42. The number of benzene rings is 1. The molecule has 0 saturated carbocycles. The summed E-state index contributed by atoms with van der Waals surface area (Å²) in [6, 6.07) is 7.21. The zero-order chi connectivity index (χ0) is 23.0. The van der Waals surface area contributed by atoms with E-state index in [9.17, 15) is 4.79 Å². The van der Waals surface area contributed by atoms with Crippen molar-refractivity contribution in [3.8, 4) is 5.75 Å². The van der Waals surface area contributed by atoms with Crippen molar-refractivity contribution in [2.45, 2.75) is 30.8 Å². The first-order valence-corrected chi connectivity index (χ1v) is 12.9. The number of aryl methyl sites for hydroxylation is 1. The second-order valence-electron chi connectivity index (χ2n) is 8.42. The molecule has 0 aliphatic carbocycles. The number of hydrogen-bond acceptors (Lipinski definition) is 7. The van der Waals surface area contributed by atoms with Crippen LogP contribution in [0.2, 0.25) is 5.02 Å². The fraction of sp³-hybridized carbons (Fsp3) is 0.542. The summed E-state index contributed by atoms with van der Waals surface area (Å²) in [6.07, 6.45) is 3.89. The molecule has 1 amide bonds. The number of aromatic nitrogens is 2. The lowest BCUT2D eigenvalue weighted by atomic mass is 9.92. The van der Waals surface area contributed by atoms with Crippen LogP contribution in [0.1, 0.15) is 30.0 Å². The SMILES string of the molecule is Cc1cnc(SCCN2CCOCC2)nc1[C@H]1CCCN(C(=O)COc2ccccc2Cl)C1. The number of likely N-dealkylation sites (tertiary alicyclic amines) is 1. The minimum atomic E-state index is -0.0218. The summed E-state index contributed by atoms with van der Waals surface area (Å²) in [7, 11) is 0. The predicted octanol–water partition coefficient (Wildman–Crippen LogP) is 3.65. The Morgan fingerprint density at radius 3 is 2.91 bits per heavy atom. The molecule has 0 spiro atoms. The van der Waals surface area contributed by atoms with Crippen molar-refractivity contribution in [3.05, 3.63) is 46.7 Å². The number of carbonyl (C=O) groups is 1. The Labute approximate surface area is 204 Å². The molecule has 0 radical (unpaired) electrons. The maximum atomic E-state index is 12.8. The molecule has 9 heteroatoms. The van der Waals surface area contributed by atoms with Gasteiger partial charge in [0.1, 0.15) is 5.75 Å². The first-order valence-electron chi connectivity index (χ1n) is 11.5. The molecule has 1 aromatic carbocycles. The van der Waals surface area contributed by atoms with Crippen molar-refractivity contribution >= 4 is 29.3 Å². The molecule has 0 unspecified atom stereocenters. The molecule has 7 nitrogen and oxygen atoms in total. The number of thioether (sulfide) groups is 1. The van der Waals surface area contributed by atoms with Crippen LogP contribution in [0.15, 0.2) is 35.6 Å². The Bertz CT molecular complexity index is 942. The normalized spacial score (nSPS) is 19.5. The summed E-state index contributed by atoms with van der Waals surface area (Å²) in [5, 5.41) is 1.33. The van der Waals surface area contributed by atoms with Crippen LogP contribution in [0, 0.1) is 6.92 Å². The Morgan fingerprint density at radius 1 is 1.27 bits per heavy atom. The zero-order valence-corrected chi connectivity index (χ0v) is 20.6. The van der Waals surface area contributed by atoms with Crippen molar-refractivity contribution < 1.29 is 14.3 Å². The molecule has 2 aliphatic rings. The molecule has 1 atom stereocenters. The highest BCUT2D eigenvalue weighted by molar-refractivity contribution is 7.99. The number of halogens is 1. The zero-order valence-electron chi connectivity index (χ0n) is 19.0. The van der Waals surface area contributed by atoms with Crippen molar-refractivity contribution in [2.24, 2.45) is 0 Å². The number of ether oxygens (including phenoxy) is 2. The summed E-state index contributed by atoms with van der Waals surface area (Å²) in [6.45, 7) is 8.07. The first-order chi connectivity index (χ1) is 16.1. The molecule has 3 heterocycles. The quantitative estimate of drug-likeness (QED) is 0.413. The second kappa shape index (κ2) is 12.0. The highest BCUT2D eigenvalue weighted by atomic mass is 35.5. The van der Waals surface area contributed by atoms with Gasteiger partial charge in [-0.1, -0.05) is 35.5 Å². The summed E-state index contributed by atoms with van der Waals surface area (Å²) >= 11 is 7.83. The number of hydrogen-bond donors (Lipinski definition) is 0. The van der Waals surface area contributed by atoms with E-state index in [4.69, 9.17) is 26.1 Å². The summed E-state index contributed by atoms with van der Waals surface area (Å²) in [5.74, 6) is 1.68. The van der Waals surface area contributed by atoms with E-state index in [1.54, 1.807) is 23.9 Å². The van der Waals surface area contributed by atoms with E-state index in [2.05, 4.69) is 16.8 Å². The van der Waals surface area contributed by atoms with Gasteiger partial charge in [-0.3, -0.25) is 9.69 Å². The number of nitrogens with zero attached hydrogens (tertiary/aromatic N) is 4. The maximum absolute atomic E-state index is 12.8. The van der Waals surface area contributed by atoms with Gasteiger partial charge in [0.25, 0.3) is 5.91 Å². The van der Waals surface area contributed by atoms with Gasteiger partial charge in [-0.25, -0.2) is 9.97 Å². The molecule has 2 aromatic rings. The first kappa shape index (κ1) is 24.3. The van der Waals surface area contributed by atoms with Gasteiger partial charge in [-0.15, -0.1) is 0 Å². The van der Waals surface area contributed by atoms with Crippen LogP contribution >= 0.6 is 23.4 Å². The van der Waals surface area contributed by atoms with Gasteiger partial charge in [-0.05, 0) is 37.5 Å². The van der Waals surface area contributed by atoms with Crippen LogP contribution in [0.25, 0.3) is 0 Å². The van der Waals surface area contributed by atoms with E-state index in [0.29, 0.717) is 17.3 Å². The van der Waals surface area contributed by atoms with Gasteiger partial charge >= 0.3 is 0 Å². The summed E-state index contributed by atoms with van der Waals surface area (Å²) in [4.78, 5) is 26.6. The Morgan fingerprint density at radius 2 is 2.09 bits per heavy atom. The van der Waals surface area contributed by atoms with Gasteiger partial charge in [0.15, 0.2) is 11.8 Å². The Hall–Kier alpha value is -1.87. The van der Waals surface area contributed by atoms with Crippen LogP contribution in [-0.2, 0) is 9.53 Å². The van der Waals surface area contributed by atoms with Crippen LogP contribution in [0.3, 0.4) is 0 Å². The van der Waals surface area contributed by atoms with E-state index in [-0.39, 0.29) is 18.4 Å². The largest absolute Gasteiger partial charge is 0.482 e. The number of amides is 1. The molecule has 1 aromatic heterocycles. The minimum Gasteiger partial charge on any atom is -0.482 e. The number of carbonyl (C=O) groups excluding carboxylic acids is 1. The lowest BCUT2D eigenvalue weighted by molar-refractivity contribution is -0.134. The molecule has 0 bridgehead atoms. The average molecular weight is 491 g/mol. The molecule has 33 heavy (non-hydrogen) atoms. The third-order valence-electron chi connectivity index (χ3n) is 6.08. The van der Waals surface area contributed by atoms with Crippen molar-refractivity contribution in [1.29, 1.82) is 0 Å². The van der Waals surface area contributed by atoms with E-state index < -0.39 is 0 Å². The lowest BCUT2D eigenvalue weighted by Gasteiger charge is -2.33. The minimum absolute atomic E-state index is 0.0121. The van der Waals surface area contributed by atoms with Crippen LogP contribution in [0.4, 0.5) is 0 Å². The molecular weight excluding hydrogens is 460 g/mol. The number of morpholine rings is 1. The molecule has 4 rings (SSSR count). The number of para-hydroxylation sites is 1. The predicted molar refractivity (Wildman–Crippen MR) is 130 cm³/mol. The van der Waals surface area contributed by atoms with E-state index in [1.807, 2.05) is 23.2 Å². The summed E-state index contributed by atoms with van der Waals surface area (Å²) < 4.78 is 11.1. The van der Waals surface area contributed by atoms with Crippen molar-refractivity contribution in [1.82, 2.24) is 19.8 Å². The highest BCUT2D eigenvalue weighted by Crippen LogP contribution is 2.29. The van der Waals surface area contributed by atoms with E-state index in [0.717, 1.165) is 74.4 Å². The number of piperidine rings is 1. The van der Waals surface area contributed by atoms with Crippen molar-refractivity contribution in [3.63, 3.8) is 0 Å². The van der Waals surface area contributed by atoms with Gasteiger partial charge < -0.3 is 14.4 Å². The topological polar surface area (TPSA) is 67.8 Å². The smallest absolute Gasteiger partial charge is 0.260 e. The molecule has 178 valence electrons. The molecular formula is C24H31ClN4O3S. The molecule has 2 aliphatic heterocycles. The standard InChI is InChI=1S/C24H31ClN4O3S/c1-18-15-26-24(33-14-11-28-9-12-31-13-10-28)27-23(18)19-5-4-8-29(16-19)22(30)17-32-21-7-3-2-6-20(21)25/h2-3,6-7,15,19H,4-5,8-14,16-17H2,1H3/t19-/m0/s1. The fourth-order valence-corrected chi connectivity index (χ4v) is 5.24. The van der Waals surface area contributed by atoms with Gasteiger partial charge in [0.05, 0.1) is 23.9 Å². The van der Waals surface area contributed by atoms with Crippen LogP contribution < -0.4 is 4.74 Å². The summed E-state index contributed by atoms with van der Waals surface area (Å²) in [5.41, 5.74) is 2.14. The van der Waals surface area contributed by atoms with Gasteiger partial charge in [0, 0.05) is 50.6 Å². The maximum Gasteiger partial charge on any atom is 0.260 e. The van der Waals surface area contributed by atoms with Crippen LogP contribution in [-0.4, -0.2) is 84.0 Å². The highest BCUT2D eigenvalue weighted by Gasteiger charge is 2.27. The molecule has 0 N–H and O–H groups in total.